The molecule has 3 nitrogen and oxygen atoms in total. The maximum Gasteiger partial charge on any atom is 0.407 e. The Morgan fingerprint density at radius 1 is 1.03 bits per heavy atom. The van der Waals surface area contributed by atoms with Gasteiger partial charge in [0.15, 0.2) is 5.69 Å². The van der Waals surface area contributed by atoms with Gasteiger partial charge in [0.1, 0.15) is 5.82 Å². The summed E-state index contributed by atoms with van der Waals surface area (Å²) in [6, 6.07) is 6.78. The quantitative estimate of drug-likeness (QED) is 0.330. The molecule has 2 aromatic rings. The fourth-order valence-corrected chi connectivity index (χ4v) is 3.16. The predicted molar refractivity (Wildman–Crippen MR) is 109 cm³/mol. The molecule has 0 spiro atoms. The van der Waals surface area contributed by atoms with Crippen molar-refractivity contribution in [3.63, 3.8) is 0 Å². The highest BCUT2D eigenvalue weighted by Crippen LogP contribution is 2.39. The summed E-state index contributed by atoms with van der Waals surface area (Å²) in [6.07, 6.45) is -1.41. The monoisotopic (exact) mass is 420 g/mol. The smallest absolute Gasteiger partial charge is 0.339 e. The molecule has 160 valence electrons. The van der Waals surface area contributed by atoms with Gasteiger partial charge in [0.05, 0.1) is 17.7 Å². The summed E-state index contributed by atoms with van der Waals surface area (Å²) in [7, 11) is 0. The molecule has 0 fully saturated rings. The summed E-state index contributed by atoms with van der Waals surface area (Å²) in [5.74, 6) is -1.05. The molecule has 0 saturated carbocycles. The van der Waals surface area contributed by atoms with Crippen LogP contribution in [0.15, 0.2) is 36.4 Å². The lowest BCUT2D eigenvalue weighted by Gasteiger charge is -2.24. The molecule has 0 saturated heterocycles. The lowest BCUT2D eigenvalue weighted by atomic mass is 9.96. The summed E-state index contributed by atoms with van der Waals surface area (Å²) in [4.78, 5) is 17.8. The average molecular weight is 420 g/mol. The molecule has 0 aliphatic heterocycles. The lowest BCUT2D eigenvalue weighted by Crippen LogP contribution is -2.33. The van der Waals surface area contributed by atoms with Crippen molar-refractivity contribution in [1.82, 2.24) is 4.90 Å². The Balaban J connectivity index is 2.56. The van der Waals surface area contributed by atoms with E-state index in [4.69, 9.17) is 6.57 Å². The minimum atomic E-state index is -4.71. The molecule has 0 N–H and O–H groups in total. The molecule has 0 bridgehead atoms. The predicted octanol–water partition coefficient (Wildman–Crippen LogP) is 7.10. The van der Waals surface area contributed by atoms with Crippen LogP contribution in [-0.4, -0.2) is 23.9 Å². The highest BCUT2D eigenvalue weighted by molar-refractivity contribution is 6.01. The Bertz CT molecular complexity index is 924. The van der Waals surface area contributed by atoms with Crippen molar-refractivity contribution in [3.05, 3.63) is 64.8 Å². The molecule has 0 aliphatic carbocycles. The van der Waals surface area contributed by atoms with Crippen LogP contribution in [0, 0.1) is 12.4 Å². The van der Waals surface area contributed by atoms with E-state index >= 15 is 0 Å². The van der Waals surface area contributed by atoms with E-state index in [0.717, 1.165) is 49.9 Å². The zero-order valence-electron chi connectivity index (χ0n) is 17.0. The first kappa shape index (κ1) is 23.4. The number of halogens is 4. The van der Waals surface area contributed by atoms with Crippen LogP contribution in [0.5, 0.6) is 0 Å². The lowest BCUT2D eigenvalue weighted by molar-refractivity contribution is -0.136. The third-order valence-electron chi connectivity index (χ3n) is 4.80. The largest absolute Gasteiger partial charge is 0.407 e. The maximum absolute atomic E-state index is 14.0. The van der Waals surface area contributed by atoms with Crippen molar-refractivity contribution in [2.45, 2.75) is 45.7 Å². The van der Waals surface area contributed by atoms with Crippen molar-refractivity contribution >= 4 is 11.6 Å². The molecule has 0 atom stereocenters. The second-order valence-electron chi connectivity index (χ2n) is 7.03. The average Bonchev–Trinajstić information content (AvgIpc) is 2.72. The van der Waals surface area contributed by atoms with E-state index in [0.29, 0.717) is 13.1 Å². The summed E-state index contributed by atoms with van der Waals surface area (Å²) in [6.45, 7) is 12.0. The maximum atomic E-state index is 14.0. The van der Waals surface area contributed by atoms with Crippen molar-refractivity contribution in [2.75, 3.05) is 13.1 Å². The summed E-state index contributed by atoms with van der Waals surface area (Å²) in [5, 5.41) is 0. The SMILES string of the molecule is [C-]#[N+]c1ccc(-c2ccc(F)cc2C(=O)N(CCCC)CCCC)cc1C(F)(F)F. The third kappa shape index (κ3) is 5.59. The Morgan fingerprint density at radius 2 is 1.67 bits per heavy atom. The van der Waals surface area contributed by atoms with Crippen LogP contribution < -0.4 is 0 Å². The first-order valence-corrected chi connectivity index (χ1v) is 9.90. The Labute approximate surface area is 174 Å². The van der Waals surface area contributed by atoms with E-state index < -0.39 is 29.2 Å². The van der Waals surface area contributed by atoms with Gasteiger partial charge in [-0.3, -0.25) is 4.79 Å². The van der Waals surface area contributed by atoms with Crippen LogP contribution in [0.3, 0.4) is 0 Å². The Hall–Kier alpha value is -2.88. The molecule has 30 heavy (non-hydrogen) atoms. The van der Waals surface area contributed by atoms with Crippen LogP contribution in [0.4, 0.5) is 23.2 Å². The normalized spacial score (nSPS) is 11.2. The van der Waals surface area contributed by atoms with Gasteiger partial charge in [0, 0.05) is 13.1 Å². The molecule has 2 aromatic carbocycles. The molecular weight excluding hydrogens is 396 g/mol. The summed E-state index contributed by atoms with van der Waals surface area (Å²) in [5.41, 5.74) is -1.25. The number of nitrogens with zero attached hydrogens (tertiary/aromatic N) is 2. The van der Waals surface area contributed by atoms with E-state index in [1.165, 1.54) is 12.1 Å². The van der Waals surface area contributed by atoms with E-state index in [1.54, 1.807) is 4.90 Å². The van der Waals surface area contributed by atoms with E-state index in [2.05, 4.69) is 4.85 Å². The number of carbonyl (C=O) groups is 1. The van der Waals surface area contributed by atoms with Gasteiger partial charge in [-0.2, -0.15) is 13.2 Å². The van der Waals surface area contributed by atoms with Gasteiger partial charge in [-0.1, -0.05) is 51.0 Å². The first-order chi connectivity index (χ1) is 14.2. The number of carbonyl (C=O) groups excluding carboxylic acids is 1. The van der Waals surface area contributed by atoms with Gasteiger partial charge in [-0.05, 0) is 36.1 Å². The summed E-state index contributed by atoms with van der Waals surface area (Å²) >= 11 is 0. The van der Waals surface area contributed by atoms with Crippen LogP contribution in [-0.2, 0) is 6.18 Å². The van der Waals surface area contributed by atoms with E-state index in [1.807, 2.05) is 13.8 Å². The number of rotatable bonds is 8. The standard InChI is InChI=1S/C23H24F4N2O/c1-4-6-12-29(13-7-5-2)22(30)19-15-17(24)9-10-18(19)16-8-11-21(28-3)20(14-16)23(25,26)27/h8-11,14-15H,4-7,12-13H2,1-2H3. The number of benzene rings is 2. The molecule has 0 heterocycles. The molecule has 2 rings (SSSR count). The van der Waals surface area contributed by atoms with Gasteiger partial charge in [0.25, 0.3) is 5.91 Å². The zero-order valence-corrected chi connectivity index (χ0v) is 17.0. The number of hydrogen-bond donors (Lipinski definition) is 0. The van der Waals surface area contributed by atoms with Gasteiger partial charge < -0.3 is 4.90 Å². The van der Waals surface area contributed by atoms with Gasteiger partial charge in [0.2, 0.25) is 0 Å². The van der Waals surface area contributed by atoms with E-state index in [9.17, 15) is 22.4 Å². The molecule has 1 amide bonds. The molecule has 0 radical (unpaired) electrons. The van der Waals surface area contributed by atoms with Gasteiger partial charge in [-0.15, -0.1) is 0 Å². The van der Waals surface area contributed by atoms with Crippen molar-refractivity contribution in [1.29, 1.82) is 0 Å². The van der Waals surface area contributed by atoms with Gasteiger partial charge >= 0.3 is 6.18 Å². The second kappa shape index (κ2) is 10.2. The zero-order chi connectivity index (χ0) is 22.3. The fraction of sp³-hybridized carbons (Fsp3) is 0.391. The molecular formula is C23H24F4N2O. The van der Waals surface area contributed by atoms with Crippen LogP contribution >= 0.6 is 0 Å². The van der Waals surface area contributed by atoms with Crippen molar-refractivity contribution in [3.8, 4) is 11.1 Å². The van der Waals surface area contributed by atoms with E-state index in [-0.39, 0.29) is 16.7 Å². The number of alkyl halides is 3. The topological polar surface area (TPSA) is 24.7 Å². The minimum Gasteiger partial charge on any atom is -0.339 e. The molecule has 0 unspecified atom stereocenters. The minimum absolute atomic E-state index is 0.0193. The van der Waals surface area contributed by atoms with Crippen molar-refractivity contribution in [2.24, 2.45) is 0 Å². The van der Waals surface area contributed by atoms with Crippen LogP contribution in [0.25, 0.3) is 16.0 Å². The first-order valence-electron chi connectivity index (χ1n) is 9.90. The highest BCUT2D eigenvalue weighted by Gasteiger charge is 2.34. The molecule has 7 heteroatoms. The van der Waals surface area contributed by atoms with Gasteiger partial charge in [-0.25, -0.2) is 9.24 Å². The third-order valence-corrected chi connectivity index (χ3v) is 4.80. The summed E-state index contributed by atoms with van der Waals surface area (Å²) < 4.78 is 54.1. The van der Waals surface area contributed by atoms with Crippen LogP contribution in [0.2, 0.25) is 0 Å². The number of amides is 1. The molecule has 0 aliphatic rings. The number of hydrogen-bond acceptors (Lipinski definition) is 1. The molecule has 0 aromatic heterocycles. The van der Waals surface area contributed by atoms with Crippen LogP contribution in [0.1, 0.15) is 55.5 Å². The van der Waals surface area contributed by atoms with Crippen molar-refractivity contribution < 1.29 is 22.4 Å². The second-order valence-corrected chi connectivity index (χ2v) is 7.03. The Morgan fingerprint density at radius 3 is 2.20 bits per heavy atom. The fourth-order valence-electron chi connectivity index (χ4n) is 3.16. The number of unbranched alkanes of at least 4 members (excludes halogenated alkanes) is 2. The highest BCUT2D eigenvalue weighted by atomic mass is 19.4. The Kier molecular flexibility index (Phi) is 7.99.